The van der Waals surface area contributed by atoms with E-state index in [-0.39, 0.29) is 0 Å². The highest BCUT2D eigenvalue weighted by atomic mass is 16.5. The van der Waals surface area contributed by atoms with Crippen molar-refractivity contribution in [2.24, 2.45) is 16.6 Å². The predicted molar refractivity (Wildman–Crippen MR) is 96.3 cm³/mol. The first-order valence-corrected chi connectivity index (χ1v) is 8.42. The lowest BCUT2D eigenvalue weighted by atomic mass is 10.0. The molecule has 1 aliphatic heterocycles. The average molecular weight is 335 g/mol. The van der Waals surface area contributed by atoms with Crippen LogP contribution in [0.15, 0.2) is 17.1 Å². The van der Waals surface area contributed by atoms with Crippen molar-refractivity contribution in [2.75, 3.05) is 41.0 Å². The fourth-order valence-electron chi connectivity index (χ4n) is 3.10. The van der Waals surface area contributed by atoms with Gasteiger partial charge >= 0.3 is 0 Å². The van der Waals surface area contributed by atoms with Crippen molar-refractivity contribution in [2.45, 2.75) is 26.2 Å². The van der Waals surface area contributed by atoms with E-state index >= 15 is 0 Å². The minimum absolute atomic E-state index is 0.593. The molecule has 2 N–H and O–H groups in total. The molecule has 1 saturated heterocycles. The van der Waals surface area contributed by atoms with Crippen molar-refractivity contribution < 1.29 is 14.2 Å². The number of hydrogen-bond acceptors (Lipinski definition) is 4. The molecule has 0 bridgehead atoms. The number of methoxy groups -OCH3 is 3. The number of likely N-dealkylation sites (tertiary alicyclic amines) is 1. The summed E-state index contributed by atoms with van der Waals surface area (Å²) in [5.41, 5.74) is 7.13. The number of aliphatic imine (C=N–C) groups is 1. The second-order valence-electron chi connectivity index (χ2n) is 6.19. The van der Waals surface area contributed by atoms with E-state index in [0.717, 1.165) is 30.2 Å². The average Bonchev–Trinajstić information content (AvgIpc) is 2.61. The molecular formula is C18H29N3O3. The quantitative estimate of drug-likeness (QED) is 0.638. The van der Waals surface area contributed by atoms with Gasteiger partial charge in [0.1, 0.15) is 17.2 Å². The van der Waals surface area contributed by atoms with E-state index in [4.69, 9.17) is 19.9 Å². The normalized spacial score (nSPS) is 18.4. The van der Waals surface area contributed by atoms with Crippen molar-refractivity contribution in [3.8, 4) is 17.2 Å². The van der Waals surface area contributed by atoms with Crippen LogP contribution in [0.3, 0.4) is 0 Å². The summed E-state index contributed by atoms with van der Waals surface area (Å²) in [4.78, 5) is 6.73. The Hall–Kier alpha value is -2.11. The van der Waals surface area contributed by atoms with Crippen molar-refractivity contribution in [3.05, 3.63) is 17.7 Å². The van der Waals surface area contributed by atoms with Crippen LogP contribution in [-0.4, -0.2) is 51.8 Å². The van der Waals surface area contributed by atoms with Crippen LogP contribution < -0.4 is 19.9 Å². The van der Waals surface area contributed by atoms with Crippen molar-refractivity contribution in [3.63, 3.8) is 0 Å². The molecule has 134 valence electrons. The van der Waals surface area contributed by atoms with Crippen LogP contribution in [0, 0.1) is 5.92 Å². The number of ether oxygens (including phenoxy) is 3. The predicted octanol–water partition coefficient (Wildman–Crippen LogP) is 2.30. The SMILES string of the molecule is COc1cc(OC)c(CCN=C(N)N2CCCC(C)C2)c(OC)c1. The van der Waals surface area contributed by atoms with Gasteiger partial charge in [0.05, 0.1) is 21.3 Å². The molecule has 1 unspecified atom stereocenters. The summed E-state index contributed by atoms with van der Waals surface area (Å²) in [5, 5.41) is 0. The molecule has 1 atom stereocenters. The summed E-state index contributed by atoms with van der Waals surface area (Å²) in [6, 6.07) is 3.72. The van der Waals surface area contributed by atoms with Crippen LogP contribution in [0.4, 0.5) is 0 Å². The Balaban J connectivity index is 2.06. The molecule has 1 aromatic carbocycles. The van der Waals surface area contributed by atoms with E-state index in [0.29, 0.717) is 30.6 Å². The summed E-state index contributed by atoms with van der Waals surface area (Å²) >= 11 is 0. The Morgan fingerprint density at radius 1 is 1.21 bits per heavy atom. The van der Waals surface area contributed by atoms with Crippen LogP contribution in [0.2, 0.25) is 0 Å². The second kappa shape index (κ2) is 8.66. The van der Waals surface area contributed by atoms with Gasteiger partial charge in [-0.25, -0.2) is 0 Å². The largest absolute Gasteiger partial charge is 0.496 e. The maximum absolute atomic E-state index is 6.15. The number of hydrogen-bond donors (Lipinski definition) is 1. The van der Waals surface area contributed by atoms with Crippen molar-refractivity contribution in [1.82, 2.24) is 4.90 Å². The Morgan fingerprint density at radius 3 is 2.42 bits per heavy atom. The summed E-state index contributed by atoms with van der Waals surface area (Å²) in [6.45, 7) is 4.83. The van der Waals surface area contributed by atoms with Gasteiger partial charge in [-0.15, -0.1) is 0 Å². The third kappa shape index (κ3) is 4.46. The molecule has 0 aromatic heterocycles. The van der Waals surface area contributed by atoms with E-state index in [1.807, 2.05) is 12.1 Å². The van der Waals surface area contributed by atoms with Gasteiger partial charge in [-0.3, -0.25) is 4.99 Å². The lowest BCUT2D eigenvalue weighted by Gasteiger charge is -2.31. The molecular weight excluding hydrogens is 306 g/mol. The third-order valence-electron chi connectivity index (χ3n) is 4.43. The van der Waals surface area contributed by atoms with Crippen LogP contribution in [0.1, 0.15) is 25.3 Å². The number of piperidine rings is 1. The highest BCUT2D eigenvalue weighted by Gasteiger charge is 2.18. The Bertz CT molecular complexity index is 550. The minimum Gasteiger partial charge on any atom is -0.496 e. The third-order valence-corrected chi connectivity index (χ3v) is 4.43. The zero-order valence-electron chi connectivity index (χ0n) is 15.2. The van der Waals surface area contributed by atoms with E-state index in [9.17, 15) is 0 Å². The molecule has 0 aliphatic carbocycles. The monoisotopic (exact) mass is 335 g/mol. The van der Waals surface area contributed by atoms with Crippen LogP contribution in [-0.2, 0) is 6.42 Å². The van der Waals surface area contributed by atoms with Gasteiger partial charge in [-0.2, -0.15) is 0 Å². The fourth-order valence-corrected chi connectivity index (χ4v) is 3.10. The molecule has 2 rings (SSSR count). The molecule has 0 amide bonds. The molecule has 1 aliphatic rings. The van der Waals surface area contributed by atoms with Gasteiger partial charge in [-0.1, -0.05) is 6.92 Å². The van der Waals surface area contributed by atoms with Gasteiger partial charge < -0.3 is 24.8 Å². The summed E-state index contributed by atoms with van der Waals surface area (Å²) in [7, 11) is 4.91. The molecule has 6 nitrogen and oxygen atoms in total. The smallest absolute Gasteiger partial charge is 0.191 e. The summed E-state index contributed by atoms with van der Waals surface area (Å²) in [6.07, 6.45) is 3.14. The molecule has 0 radical (unpaired) electrons. The molecule has 6 heteroatoms. The number of guanidine groups is 1. The molecule has 24 heavy (non-hydrogen) atoms. The maximum Gasteiger partial charge on any atom is 0.191 e. The minimum atomic E-state index is 0.593. The van der Waals surface area contributed by atoms with E-state index in [1.54, 1.807) is 21.3 Å². The highest BCUT2D eigenvalue weighted by Crippen LogP contribution is 2.34. The van der Waals surface area contributed by atoms with E-state index < -0.39 is 0 Å². The first-order chi connectivity index (χ1) is 11.6. The lowest BCUT2D eigenvalue weighted by molar-refractivity contribution is 0.270. The Kier molecular flexibility index (Phi) is 6.58. The molecule has 0 spiro atoms. The highest BCUT2D eigenvalue weighted by molar-refractivity contribution is 5.78. The molecule has 1 aromatic rings. The van der Waals surface area contributed by atoms with Gasteiger partial charge in [0, 0.05) is 37.3 Å². The first kappa shape index (κ1) is 18.2. The van der Waals surface area contributed by atoms with Gasteiger partial charge in [-0.05, 0) is 25.2 Å². The van der Waals surface area contributed by atoms with E-state index in [1.165, 1.54) is 12.8 Å². The zero-order chi connectivity index (χ0) is 17.5. The Labute approximate surface area is 144 Å². The van der Waals surface area contributed by atoms with E-state index in [2.05, 4.69) is 16.8 Å². The first-order valence-electron chi connectivity index (χ1n) is 8.42. The topological polar surface area (TPSA) is 69.3 Å². The number of rotatable bonds is 6. The van der Waals surface area contributed by atoms with Crippen LogP contribution in [0.5, 0.6) is 17.2 Å². The summed E-state index contributed by atoms with van der Waals surface area (Å²) < 4.78 is 16.2. The maximum atomic E-state index is 6.15. The van der Waals surface area contributed by atoms with Crippen LogP contribution >= 0.6 is 0 Å². The Morgan fingerprint density at radius 2 is 1.88 bits per heavy atom. The molecule has 1 fully saturated rings. The number of benzene rings is 1. The fraction of sp³-hybridized carbons (Fsp3) is 0.611. The standard InChI is InChI=1S/C18H29N3O3/c1-13-6-5-9-21(12-13)18(19)20-8-7-15-16(23-3)10-14(22-2)11-17(15)24-4/h10-11,13H,5-9,12H2,1-4H3,(H2,19,20). The van der Waals surface area contributed by atoms with Crippen molar-refractivity contribution >= 4 is 5.96 Å². The lowest BCUT2D eigenvalue weighted by Crippen LogP contribution is -2.43. The van der Waals surface area contributed by atoms with Gasteiger partial charge in [0.2, 0.25) is 0 Å². The molecule has 0 saturated carbocycles. The number of nitrogens with two attached hydrogens (primary N) is 1. The second-order valence-corrected chi connectivity index (χ2v) is 6.19. The zero-order valence-corrected chi connectivity index (χ0v) is 15.2. The number of nitrogens with zero attached hydrogens (tertiary/aromatic N) is 2. The van der Waals surface area contributed by atoms with Gasteiger partial charge in [0.15, 0.2) is 5.96 Å². The van der Waals surface area contributed by atoms with Crippen molar-refractivity contribution in [1.29, 1.82) is 0 Å². The van der Waals surface area contributed by atoms with Gasteiger partial charge in [0.25, 0.3) is 0 Å². The molecule has 1 heterocycles. The summed E-state index contributed by atoms with van der Waals surface area (Å²) in [5.74, 6) is 3.50. The van der Waals surface area contributed by atoms with Crippen LogP contribution in [0.25, 0.3) is 0 Å².